The molecule has 0 aromatic rings. The monoisotopic (exact) mass is 259 g/mol. The van der Waals surface area contributed by atoms with E-state index in [1.54, 1.807) is 0 Å². The molecule has 0 bridgehead atoms. The number of hydrogen-bond donors (Lipinski definition) is 1. The summed E-state index contributed by atoms with van der Waals surface area (Å²) in [4.78, 5) is 0. The van der Waals surface area contributed by atoms with Crippen molar-refractivity contribution >= 4 is 23.5 Å². The Hall–Kier alpha value is 0.660. The van der Waals surface area contributed by atoms with Crippen LogP contribution in [-0.2, 0) is 0 Å². The molecule has 0 aromatic heterocycles. The number of hydrogen-bond acceptors (Lipinski definition) is 3. The molecule has 94 valence electrons. The summed E-state index contributed by atoms with van der Waals surface area (Å²) in [6, 6.07) is 0. The van der Waals surface area contributed by atoms with Crippen LogP contribution in [0.2, 0.25) is 0 Å². The maximum absolute atomic E-state index is 3.72. The molecule has 1 aliphatic carbocycles. The lowest BCUT2D eigenvalue weighted by atomic mass is 10.0. The second-order valence-corrected chi connectivity index (χ2v) is 7.64. The van der Waals surface area contributed by atoms with Crippen LogP contribution in [0.4, 0.5) is 0 Å². The molecule has 2 rings (SSSR count). The molecule has 16 heavy (non-hydrogen) atoms. The highest BCUT2D eigenvalue weighted by atomic mass is 32.2. The van der Waals surface area contributed by atoms with E-state index < -0.39 is 0 Å². The van der Waals surface area contributed by atoms with E-state index >= 15 is 0 Å². The predicted octanol–water partition coefficient (Wildman–Crippen LogP) is 3.40. The normalized spacial score (nSPS) is 28.9. The van der Waals surface area contributed by atoms with Crippen molar-refractivity contribution in [2.75, 3.05) is 30.3 Å². The Balaban J connectivity index is 1.55. The molecule has 0 radical (unpaired) electrons. The third-order valence-electron chi connectivity index (χ3n) is 3.66. The maximum atomic E-state index is 3.72. The first-order chi connectivity index (χ1) is 7.95. The molecule has 3 heteroatoms. The van der Waals surface area contributed by atoms with Crippen molar-refractivity contribution in [2.24, 2.45) is 5.92 Å². The molecular formula is C13H25NS2. The molecule has 1 nitrogen and oxygen atoms in total. The predicted molar refractivity (Wildman–Crippen MR) is 77.6 cm³/mol. The SMILES string of the molecule is C1CCCC(CNCC2CSCCS2)CC1. The summed E-state index contributed by atoms with van der Waals surface area (Å²) in [5.41, 5.74) is 0. The first-order valence-electron chi connectivity index (χ1n) is 6.85. The summed E-state index contributed by atoms with van der Waals surface area (Å²) >= 11 is 4.30. The molecular weight excluding hydrogens is 234 g/mol. The summed E-state index contributed by atoms with van der Waals surface area (Å²) in [6.07, 6.45) is 8.84. The molecule has 2 aliphatic rings. The largest absolute Gasteiger partial charge is 0.315 e. The van der Waals surface area contributed by atoms with Gasteiger partial charge in [-0.3, -0.25) is 0 Å². The number of nitrogens with one attached hydrogen (secondary N) is 1. The van der Waals surface area contributed by atoms with E-state index in [1.165, 1.54) is 68.9 Å². The Kier molecular flexibility index (Phi) is 6.46. The molecule has 1 aliphatic heterocycles. The highest BCUT2D eigenvalue weighted by Gasteiger charge is 2.15. The maximum Gasteiger partial charge on any atom is 0.0263 e. The van der Waals surface area contributed by atoms with Gasteiger partial charge in [0, 0.05) is 29.1 Å². The molecule has 1 atom stereocenters. The summed E-state index contributed by atoms with van der Waals surface area (Å²) in [5, 5.41) is 4.60. The van der Waals surface area contributed by atoms with Gasteiger partial charge in [0.2, 0.25) is 0 Å². The molecule has 1 saturated heterocycles. The van der Waals surface area contributed by atoms with Crippen LogP contribution in [0.5, 0.6) is 0 Å². The van der Waals surface area contributed by atoms with Crippen LogP contribution in [0.15, 0.2) is 0 Å². The van der Waals surface area contributed by atoms with Crippen molar-refractivity contribution in [1.82, 2.24) is 5.32 Å². The van der Waals surface area contributed by atoms with Crippen molar-refractivity contribution in [3.8, 4) is 0 Å². The zero-order valence-corrected chi connectivity index (χ0v) is 11.9. The lowest BCUT2D eigenvalue weighted by Gasteiger charge is -2.22. The Morgan fingerprint density at radius 2 is 1.75 bits per heavy atom. The minimum absolute atomic E-state index is 0.879. The molecule has 0 amide bonds. The van der Waals surface area contributed by atoms with E-state index in [0.717, 1.165) is 11.2 Å². The van der Waals surface area contributed by atoms with Crippen LogP contribution in [0.3, 0.4) is 0 Å². The molecule has 2 fully saturated rings. The Bertz CT molecular complexity index is 173. The van der Waals surface area contributed by atoms with Gasteiger partial charge in [-0.15, -0.1) is 0 Å². The van der Waals surface area contributed by atoms with Gasteiger partial charge in [-0.25, -0.2) is 0 Å². The minimum Gasteiger partial charge on any atom is -0.315 e. The fourth-order valence-electron chi connectivity index (χ4n) is 2.67. The molecule has 1 unspecified atom stereocenters. The van der Waals surface area contributed by atoms with Gasteiger partial charge < -0.3 is 5.32 Å². The number of thioether (sulfide) groups is 2. The zero-order chi connectivity index (χ0) is 11.1. The standard InChI is InChI=1S/C13H25NS2/c1-2-4-6-12(5-3-1)9-14-10-13-11-15-7-8-16-13/h12-14H,1-11H2. The second kappa shape index (κ2) is 7.88. The van der Waals surface area contributed by atoms with Crippen molar-refractivity contribution < 1.29 is 0 Å². The van der Waals surface area contributed by atoms with Crippen molar-refractivity contribution in [3.63, 3.8) is 0 Å². The van der Waals surface area contributed by atoms with Crippen LogP contribution in [0.1, 0.15) is 38.5 Å². The first kappa shape index (κ1) is 13.1. The van der Waals surface area contributed by atoms with Crippen LogP contribution in [0, 0.1) is 5.92 Å². The Morgan fingerprint density at radius 3 is 2.44 bits per heavy atom. The van der Waals surface area contributed by atoms with Gasteiger partial charge >= 0.3 is 0 Å². The molecule has 0 spiro atoms. The smallest absolute Gasteiger partial charge is 0.0263 e. The van der Waals surface area contributed by atoms with Gasteiger partial charge in [-0.1, -0.05) is 25.7 Å². The van der Waals surface area contributed by atoms with Gasteiger partial charge in [0.05, 0.1) is 0 Å². The van der Waals surface area contributed by atoms with Crippen molar-refractivity contribution in [1.29, 1.82) is 0 Å². The van der Waals surface area contributed by atoms with E-state index in [0.29, 0.717) is 0 Å². The number of rotatable bonds is 4. The van der Waals surface area contributed by atoms with Crippen LogP contribution < -0.4 is 5.32 Å². The van der Waals surface area contributed by atoms with E-state index in [1.807, 2.05) is 0 Å². The molecule has 0 aromatic carbocycles. The highest BCUT2D eigenvalue weighted by molar-refractivity contribution is 8.06. The first-order valence-corrected chi connectivity index (χ1v) is 9.05. The second-order valence-electron chi connectivity index (χ2n) is 5.08. The minimum atomic E-state index is 0.879. The third kappa shape index (κ3) is 4.89. The Morgan fingerprint density at radius 1 is 0.938 bits per heavy atom. The van der Waals surface area contributed by atoms with E-state index in [9.17, 15) is 0 Å². The van der Waals surface area contributed by atoms with E-state index in [2.05, 4.69) is 28.8 Å². The summed E-state index contributed by atoms with van der Waals surface area (Å²) in [5.74, 6) is 5.07. The van der Waals surface area contributed by atoms with Crippen LogP contribution in [0.25, 0.3) is 0 Å². The lowest BCUT2D eigenvalue weighted by molar-refractivity contribution is 0.427. The molecule has 1 N–H and O–H groups in total. The van der Waals surface area contributed by atoms with Crippen molar-refractivity contribution in [2.45, 2.75) is 43.8 Å². The lowest BCUT2D eigenvalue weighted by Crippen LogP contribution is -2.32. The summed E-state index contributed by atoms with van der Waals surface area (Å²) < 4.78 is 0. The third-order valence-corrected chi connectivity index (χ3v) is 6.51. The van der Waals surface area contributed by atoms with Gasteiger partial charge in [-0.05, 0) is 25.3 Å². The van der Waals surface area contributed by atoms with Crippen LogP contribution >= 0.6 is 23.5 Å². The van der Waals surface area contributed by atoms with Gasteiger partial charge in [-0.2, -0.15) is 23.5 Å². The average molecular weight is 259 g/mol. The average Bonchev–Trinajstić information content (AvgIpc) is 2.59. The van der Waals surface area contributed by atoms with E-state index in [-0.39, 0.29) is 0 Å². The fourth-order valence-corrected chi connectivity index (χ4v) is 5.32. The van der Waals surface area contributed by atoms with Gasteiger partial charge in [0.15, 0.2) is 0 Å². The topological polar surface area (TPSA) is 12.0 Å². The van der Waals surface area contributed by atoms with Crippen LogP contribution in [-0.4, -0.2) is 35.6 Å². The zero-order valence-electron chi connectivity index (χ0n) is 10.2. The van der Waals surface area contributed by atoms with Gasteiger partial charge in [0.25, 0.3) is 0 Å². The van der Waals surface area contributed by atoms with E-state index in [4.69, 9.17) is 0 Å². The van der Waals surface area contributed by atoms with Crippen molar-refractivity contribution in [3.05, 3.63) is 0 Å². The highest BCUT2D eigenvalue weighted by Crippen LogP contribution is 2.24. The Labute approximate surface area is 109 Å². The summed E-state index contributed by atoms with van der Waals surface area (Å²) in [6.45, 7) is 2.52. The molecule has 1 heterocycles. The quantitative estimate of drug-likeness (QED) is 0.777. The fraction of sp³-hybridized carbons (Fsp3) is 1.00. The summed E-state index contributed by atoms with van der Waals surface area (Å²) in [7, 11) is 0. The van der Waals surface area contributed by atoms with Gasteiger partial charge in [0.1, 0.15) is 0 Å². The molecule has 1 saturated carbocycles.